The van der Waals surface area contributed by atoms with Crippen molar-refractivity contribution >= 4 is 5.97 Å². The molecule has 0 fully saturated rings. The van der Waals surface area contributed by atoms with Crippen LogP contribution < -0.4 is 0 Å². The number of carbonyl (C=O) groups is 1. The molecule has 7 heteroatoms. The van der Waals surface area contributed by atoms with Crippen molar-refractivity contribution in [3.8, 4) is 0 Å². The first-order chi connectivity index (χ1) is 2.94. The number of rotatable bonds is 0. The van der Waals surface area contributed by atoms with Crippen molar-refractivity contribution in [2.75, 3.05) is 0 Å². The van der Waals surface area contributed by atoms with Crippen LogP contribution >= 0.6 is 0 Å². The molecule has 0 saturated heterocycles. The van der Waals surface area contributed by atoms with Gasteiger partial charge in [-0.3, -0.25) is 0 Å². The Bertz CT molecular complexity index is 90.3. The molecule has 2 radical (unpaired) electrons. The van der Waals surface area contributed by atoms with Crippen LogP contribution in [0.1, 0.15) is 0 Å². The summed E-state index contributed by atoms with van der Waals surface area (Å²) in [6, 6.07) is 0. The van der Waals surface area contributed by atoms with E-state index in [4.69, 9.17) is 9.90 Å². The maximum Gasteiger partial charge on any atom is 0.490 e. The molecule has 60 valence electrons. The van der Waals surface area contributed by atoms with Gasteiger partial charge in [-0.15, -0.1) is 0 Å². The molecule has 0 aromatic heterocycles. The molecule has 9 heavy (non-hydrogen) atoms. The summed E-state index contributed by atoms with van der Waals surface area (Å²) in [4.78, 5) is 8.90. The summed E-state index contributed by atoms with van der Waals surface area (Å²) < 4.78 is 31.7. The Balaban J connectivity index is -0.000000180. The predicted octanol–water partition coefficient (Wildman–Crippen LogP) is 0.628. The van der Waals surface area contributed by atoms with Crippen LogP contribution in [0, 0.1) is 0 Å². The second kappa shape index (κ2) is 5.09. The minimum atomic E-state index is -5.08. The molecular weight excluding hydrogens is 231 g/mol. The summed E-state index contributed by atoms with van der Waals surface area (Å²) in [7, 11) is 0. The van der Waals surface area contributed by atoms with Crippen LogP contribution in [-0.2, 0) is 38.4 Å². The molecule has 0 aliphatic rings. The second-order valence-electron chi connectivity index (χ2n) is 0.803. The molecule has 2 nitrogen and oxygen atoms in total. The Morgan fingerprint density at radius 3 is 1.33 bits per heavy atom. The second-order valence-corrected chi connectivity index (χ2v) is 0.803. The van der Waals surface area contributed by atoms with E-state index < -0.39 is 12.1 Å². The quantitative estimate of drug-likeness (QED) is 0.664. The van der Waals surface area contributed by atoms with Crippen LogP contribution in [0.4, 0.5) is 13.2 Å². The summed E-state index contributed by atoms with van der Waals surface area (Å²) in [5.41, 5.74) is 0. The number of carboxylic acids is 1. The molecule has 0 aliphatic carbocycles. The van der Waals surface area contributed by atoms with E-state index in [0.717, 1.165) is 0 Å². The summed E-state index contributed by atoms with van der Waals surface area (Å²) in [5.74, 6) is -2.76. The first-order valence-corrected chi connectivity index (χ1v) is 1.24. The molecule has 0 aliphatic heterocycles. The number of hydrogen-bond acceptors (Lipinski definition) is 1. The molecule has 0 rings (SSSR count). The third kappa shape index (κ3) is 8.27. The van der Waals surface area contributed by atoms with Crippen LogP contribution in [0.3, 0.4) is 0 Å². The van der Waals surface area contributed by atoms with Gasteiger partial charge in [0, 0.05) is 33.6 Å². The van der Waals surface area contributed by atoms with Crippen molar-refractivity contribution in [3.05, 3.63) is 0 Å². The molecular formula is C2HCo2F3O2. The van der Waals surface area contributed by atoms with Crippen LogP contribution in [0.15, 0.2) is 0 Å². The maximum atomic E-state index is 10.6. The van der Waals surface area contributed by atoms with Crippen molar-refractivity contribution in [2.24, 2.45) is 0 Å². The van der Waals surface area contributed by atoms with Crippen molar-refractivity contribution < 1.29 is 56.6 Å². The predicted molar refractivity (Wildman–Crippen MR) is 13.7 cm³/mol. The van der Waals surface area contributed by atoms with E-state index in [1.165, 1.54) is 0 Å². The van der Waals surface area contributed by atoms with Gasteiger partial charge < -0.3 is 5.11 Å². The van der Waals surface area contributed by atoms with Gasteiger partial charge in [-0.25, -0.2) is 4.79 Å². The van der Waals surface area contributed by atoms with E-state index >= 15 is 0 Å². The summed E-state index contributed by atoms with van der Waals surface area (Å²) in [6.45, 7) is 0. The molecule has 0 heterocycles. The van der Waals surface area contributed by atoms with Crippen LogP contribution in [0.2, 0.25) is 0 Å². The molecule has 0 unspecified atom stereocenters. The van der Waals surface area contributed by atoms with Gasteiger partial charge in [0.2, 0.25) is 0 Å². The van der Waals surface area contributed by atoms with Gasteiger partial charge in [0.25, 0.3) is 0 Å². The third-order valence-corrected chi connectivity index (χ3v) is 0.243. The fraction of sp³-hybridized carbons (Fsp3) is 0.500. The van der Waals surface area contributed by atoms with Crippen LogP contribution in [-0.4, -0.2) is 17.3 Å². The van der Waals surface area contributed by atoms with Crippen molar-refractivity contribution in [1.82, 2.24) is 0 Å². The molecule has 0 aromatic rings. The van der Waals surface area contributed by atoms with Crippen molar-refractivity contribution in [1.29, 1.82) is 0 Å². The van der Waals surface area contributed by atoms with E-state index in [-0.39, 0.29) is 33.6 Å². The topological polar surface area (TPSA) is 37.3 Å². The molecule has 0 amide bonds. The van der Waals surface area contributed by atoms with E-state index in [1.807, 2.05) is 0 Å². The van der Waals surface area contributed by atoms with Gasteiger partial charge in [-0.05, 0) is 0 Å². The summed E-state index contributed by atoms with van der Waals surface area (Å²) >= 11 is 0. The Labute approximate surface area is 69.2 Å². The van der Waals surface area contributed by atoms with Crippen LogP contribution in [0.5, 0.6) is 0 Å². The molecule has 0 saturated carbocycles. The average molecular weight is 232 g/mol. The smallest absolute Gasteiger partial charge is 0.475 e. The number of halogens is 3. The van der Waals surface area contributed by atoms with Gasteiger partial charge in [0.05, 0.1) is 0 Å². The van der Waals surface area contributed by atoms with E-state index in [9.17, 15) is 13.2 Å². The Kier molecular flexibility index (Phi) is 9.12. The number of carboxylic acid groups (broad SMARTS) is 1. The van der Waals surface area contributed by atoms with Gasteiger partial charge >= 0.3 is 12.1 Å². The standard InChI is InChI=1S/C2HF3O2.2Co/c3-2(4,5)1(6)7;;/h(H,6,7);;. The molecule has 0 atom stereocenters. The first kappa shape index (κ1) is 16.1. The van der Waals surface area contributed by atoms with Crippen molar-refractivity contribution in [3.63, 3.8) is 0 Å². The summed E-state index contributed by atoms with van der Waals surface area (Å²) in [6.07, 6.45) is -5.08. The maximum absolute atomic E-state index is 10.6. The van der Waals surface area contributed by atoms with E-state index in [2.05, 4.69) is 0 Å². The molecule has 0 spiro atoms. The molecule has 0 aromatic carbocycles. The number of aliphatic carboxylic acids is 1. The zero-order valence-electron chi connectivity index (χ0n) is 3.66. The Hall–Kier alpha value is 0.273. The van der Waals surface area contributed by atoms with E-state index in [0.29, 0.717) is 0 Å². The third-order valence-electron chi connectivity index (χ3n) is 0.243. The minimum absolute atomic E-state index is 0. The van der Waals surface area contributed by atoms with E-state index in [1.54, 1.807) is 0 Å². The van der Waals surface area contributed by atoms with Crippen molar-refractivity contribution in [2.45, 2.75) is 6.18 Å². The molecule has 0 bridgehead atoms. The zero-order chi connectivity index (χ0) is 6.08. The monoisotopic (exact) mass is 232 g/mol. The largest absolute Gasteiger partial charge is 0.490 e. The zero-order valence-corrected chi connectivity index (χ0v) is 5.74. The SMILES string of the molecule is O=C(O)C(F)(F)F.[Co].[Co]. The normalized spacial score (nSPS) is 8.78. The molecule has 1 N–H and O–H groups in total. The fourth-order valence-corrected chi connectivity index (χ4v) is 0. The first-order valence-electron chi connectivity index (χ1n) is 1.24. The van der Waals surface area contributed by atoms with Gasteiger partial charge in [-0.1, -0.05) is 0 Å². The summed E-state index contributed by atoms with van der Waals surface area (Å²) in [5, 5.41) is 7.12. The fourth-order valence-electron chi connectivity index (χ4n) is 0. The number of hydrogen-bond donors (Lipinski definition) is 1. The van der Waals surface area contributed by atoms with Gasteiger partial charge in [0.1, 0.15) is 0 Å². The Morgan fingerprint density at radius 2 is 1.33 bits per heavy atom. The van der Waals surface area contributed by atoms with Gasteiger partial charge in [-0.2, -0.15) is 13.2 Å². The Morgan fingerprint density at radius 1 is 1.22 bits per heavy atom. The number of alkyl halides is 3. The minimum Gasteiger partial charge on any atom is -0.475 e. The average Bonchev–Trinajstić information content (AvgIpc) is 1.31. The van der Waals surface area contributed by atoms with Gasteiger partial charge in [0.15, 0.2) is 0 Å². The van der Waals surface area contributed by atoms with Crippen LogP contribution in [0.25, 0.3) is 0 Å².